The van der Waals surface area contributed by atoms with E-state index in [0.717, 1.165) is 15.6 Å². The molecule has 0 bridgehead atoms. The molecule has 0 aromatic heterocycles. The van der Waals surface area contributed by atoms with Gasteiger partial charge in [0.05, 0.1) is 24.8 Å². The molecule has 1 amide bonds. The minimum atomic E-state index is -0.210. The molecule has 0 saturated carbocycles. The van der Waals surface area contributed by atoms with Crippen molar-refractivity contribution in [2.45, 2.75) is 6.92 Å². The van der Waals surface area contributed by atoms with Crippen molar-refractivity contribution < 1.29 is 14.3 Å². The first kappa shape index (κ1) is 19.8. The summed E-state index contributed by atoms with van der Waals surface area (Å²) < 4.78 is 11.4. The quantitative estimate of drug-likeness (QED) is 0.618. The summed E-state index contributed by atoms with van der Waals surface area (Å²) in [7, 11) is 3.14. The molecule has 3 rings (SSSR count). The maximum Gasteiger partial charge on any atom is 0.264 e. The molecule has 0 spiro atoms. The molecule has 0 radical (unpaired) electrons. The molecule has 140 valence electrons. The Morgan fingerprint density at radius 1 is 1.19 bits per heavy atom. The molecule has 1 aliphatic rings. The van der Waals surface area contributed by atoms with Crippen molar-refractivity contribution in [2.75, 3.05) is 14.2 Å². The molecular weight excluding hydrogens is 452 g/mol. The normalized spacial score (nSPS) is 16.7. The van der Waals surface area contributed by atoms with Crippen molar-refractivity contribution in [3.8, 4) is 11.5 Å². The van der Waals surface area contributed by atoms with Gasteiger partial charge in [-0.25, -0.2) is 4.99 Å². The number of carbonyl (C=O) groups excluding carboxylic acids is 1. The molecule has 1 heterocycles. The van der Waals surface area contributed by atoms with Gasteiger partial charge in [-0.05, 0) is 60.2 Å². The standard InChI is InChI=1S/C19H16BrClN2O3S/c1-10-4-5-12(8-14(10)21)22-19-23-18(24)17(27-19)7-11-6-15(25-2)16(26-3)9-13(11)20/h4-9H,1-3H3,(H,22,23,24)/b17-7-. The number of aliphatic imine (C=N–C) groups is 1. The van der Waals surface area contributed by atoms with Gasteiger partial charge in [-0.3, -0.25) is 4.79 Å². The number of nitrogens with zero attached hydrogens (tertiary/aromatic N) is 1. The minimum absolute atomic E-state index is 0.210. The van der Waals surface area contributed by atoms with Crippen LogP contribution in [0.4, 0.5) is 5.69 Å². The third kappa shape index (κ3) is 4.48. The van der Waals surface area contributed by atoms with Gasteiger partial charge < -0.3 is 14.8 Å². The van der Waals surface area contributed by atoms with Crippen LogP contribution in [0.1, 0.15) is 11.1 Å². The Balaban J connectivity index is 1.89. The number of benzene rings is 2. The average molecular weight is 468 g/mol. The number of ether oxygens (including phenoxy) is 2. The zero-order valence-electron chi connectivity index (χ0n) is 14.8. The number of methoxy groups -OCH3 is 2. The zero-order chi connectivity index (χ0) is 19.6. The number of hydrogen-bond donors (Lipinski definition) is 1. The molecule has 1 saturated heterocycles. The van der Waals surface area contributed by atoms with Crippen molar-refractivity contribution in [2.24, 2.45) is 4.99 Å². The van der Waals surface area contributed by atoms with E-state index in [9.17, 15) is 4.79 Å². The fraction of sp³-hybridized carbons (Fsp3) is 0.158. The van der Waals surface area contributed by atoms with E-state index in [1.165, 1.54) is 11.8 Å². The summed E-state index contributed by atoms with van der Waals surface area (Å²) >= 11 is 10.9. The fourth-order valence-corrected chi connectivity index (χ4v) is 3.82. The molecule has 1 aliphatic heterocycles. The van der Waals surface area contributed by atoms with Crippen molar-refractivity contribution in [1.29, 1.82) is 0 Å². The highest BCUT2D eigenvalue weighted by atomic mass is 79.9. The molecule has 0 unspecified atom stereocenters. The molecule has 0 aliphatic carbocycles. The summed E-state index contributed by atoms with van der Waals surface area (Å²) in [4.78, 5) is 17.3. The van der Waals surface area contributed by atoms with Crippen molar-refractivity contribution in [3.05, 3.63) is 55.9 Å². The monoisotopic (exact) mass is 466 g/mol. The van der Waals surface area contributed by atoms with Crippen LogP contribution < -0.4 is 14.8 Å². The number of halogens is 2. The summed E-state index contributed by atoms with van der Waals surface area (Å²) in [5.41, 5.74) is 2.45. The lowest BCUT2D eigenvalue weighted by atomic mass is 10.2. The number of thioether (sulfide) groups is 1. The molecule has 0 atom stereocenters. The third-order valence-electron chi connectivity index (χ3n) is 3.83. The largest absolute Gasteiger partial charge is 0.493 e. The van der Waals surface area contributed by atoms with Gasteiger partial charge in [0, 0.05) is 9.50 Å². The van der Waals surface area contributed by atoms with Gasteiger partial charge in [0.25, 0.3) is 5.91 Å². The van der Waals surface area contributed by atoms with E-state index in [0.29, 0.717) is 32.3 Å². The third-order valence-corrected chi connectivity index (χ3v) is 5.83. The van der Waals surface area contributed by atoms with Crippen LogP contribution in [0.3, 0.4) is 0 Å². The Morgan fingerprint density at radius 2 is 1.89 bits per heavy atom. The van der Waals surface area contributed by atoms with Crippen molar-refractivity contribution in [3.63, 3.8) is 0 Å². The van der Waals surface area contributed by atoms with E-state index in [1.54, 1.807) is 38.5 Å². The second-order valence-corrected chi connectivity index (χ2v) is 7.94. The first-order valence-electron chi connectivity index (χ1n) is 7.88. The average Bonchev–Trinajstić information content (AvgIpc) is 2.98. The Morgan fingerprint density at radius 3 is 2.56 bits per heavy atom. The van der Waals surface area contributed by atoms with Crippen LogP contribution in [0.25, 0.3) is 6.08 Å². The van der Waals surface area contributed by atoms with E-state index >= 15 is 0 Å². The molecule has 8 heteroatoms. The van der Waals surface area contributed by atoms with Crippen LogP contribution in [-0.4, -0.2) is 25.3 Å². The number of nitrogens with one attached hydrogen (secondary N) is 1. The summed E-state index contributed by atoms with van der Waals surface area (Å²) in [5, 5.41) is 3.91. The van der Waals surface area contributed by atoms with Crippen LogP contribution in [-0.2, 0) is 4.79 Å². The Labute approximate surface area is 174 Å². The number of aryl methyl sites for hydroxylation is 1. The summed E-state index contributed by atoms with van der Waals surface area (Å²) in [5.74, 6) is 0.978. The van der Waals surface area contributed by atoms with Crippen LogP contribution in [0.2, 0.25) is 5.02 Å². The fourth-order valence-electron chi connectivity index (χ4n) is 2.37. The molecular formula is C19H16BrClN2O3S. The van der Waals surface area contributed by atoms with Gasteiger partial charge >= 0.3 is 0 Å². The molecule has 2 aromatic rings. The lowest BCUT2D eigenvalue weighted by Crippen LogP contribution is -2.19. The Hall–Kier alpha value is -1.96. The lowest BCUT2D eigenvalue weighted by Gasteiger charge is -2.10. The Bertz CT molecular complexity index is 976. The smallest absolute Gasteiger partial charge is 0.264 e. The van der Waals surface area contributed by atoms with E-state index in [1.807, 2.05) is 19.1 Å². The van der Waals surface area contributed by atoms with E-state index in [2.05, 4.69) is 26.2 Å². The predicted molar refractivity (Wildman–Crippen MR) is 114 cm³/mol. The highest BCUT2D eigenvalue weighted by molar-refractivity contribution is 9.10. The topological polar surface area (TPSA) is 59.9 Å². The van der Waals surface area contributed by atoms with E-state index in [4.69, 9.17) is 21.1 Å². The zero-order valence-corrected chi connectivity index (χ0v) is 18.0. The molecule has 1 fully saturated rings. The van der Waals surface area contributed by atoms with Gasteiger partial charge in [0.1, 0.15) is 0 Å². The second kappa shape index (κ2) is 8.37. The first-order chi connectivity index (χ1) is 12.9. The maximum atomic E-state index is 12.3. The second-order valence-electron chi connectivity index (χ2n) is 5.64. The van der Waals surface area contributed by atoms with Crippen molar-refractivity contribution in [1.82, 2.24) is 5.32 Å². The summed E-state index contributed by atoms with van der Waals surface area (Å²) in [6.45, 7) is 1.92. The van der Waals surface area contributed by atoms with Crippen LogP contribution in [0.15, 0.2) is 44.7 Å². The minimum Gasteiger partial charge on any atom is -0.493 e. The number of carbonyl (C=O) groups is 1. The Kier molecular flexibility index (Phi) is 6.14. The number of hydrogen-bond acceptors (Lipinski definition) is 5. The number of amidine groups is 1. The van der Waals surface area contributed by atoms with Crippen LogP contribution in [0.5, 0.6) is 11.5 Å². The van der Waals surface area contributed by atoms with Gasteiger partial charge in [-0.2, -0.15) is 0 Å². The van der Waals surface area contributed by atoms with E-state index < -0.39 is 0 Å². The van der Waals surface area contributed by atoms with Gasteiger partial charge in [0.15, 0.2) is 16.7 Å². The molecule has 27 heavy (non-hydrogen) atoms. The molecule has 2 aromatic carbocycles. The highest BCUT2D eigenvalue weighted by Gasteiger charge is 2.24. The first-order valence-corrected chi connectivity index (χ1v) is 9.87. The number of amides is 1. The van der Waals surface area contributed by atoms with Crippen LogP contribution >= 0.6 is 39.3 Å². The number of rotatable bonds is 4. The van der Waals surface area contributed by atoms with Gasteiger partial charge in [-0.15, -0.1) is 0 Å². The van der Waals surface area contributed by atoms with Gasteiger partial charge in [0.2, 0.25) is 0 Å². The predicted octanol–water partition coefficient (Wildman–Crippen LogP) is 5.32. The molecule has 1 N–H and O–H groups in total. The summed E-state index contributed by atoms with van der Waals surface area (Å²) in [6.07, 6.45) is 1.77. The SMILES string of the molecule is COc1cc(Br)c(/C=C2\SC(=Nc3ccc(C)c(Cl)c3)NC2=O)cc1OC. The lowest BCUT2D eigenvalue weighted by molar-refractivity contribution is -0.115. The van der Waals surface area contributed by atoms with E-state index in [-0.39, 0.29) is 5.91 Å². The van der Waals surface area contributed by atoms with Crippen molar-refractivity contribution >= 4 is 62.1 Å². The van der Waals surface area contributed by atoms with Gasteiger partial charge in [-0.1, -0.05) is 33.6 Å². The maximum absolute atomic E-state index is 12.3. The highest BCUT2D eigenvalue weighted by Crippen LogP contribution is 2.36. The van der Waals surface area contributed by atoms with Crippen LogP contribution in [0, 0.1) is 6.92 Å². The molecule has 5 nitrogen and oxygen atoms in total. The summed E-state index contributed by atoms with van der Waals surface area (Å²) in [6, 6.07) is 9.11.